The topological polar surface area (TPSA) is 78.0 Å². The fraction of sp³-hybridized carbons (Fsp3) is 0.167. The molecular formula is C18H19Cl2IN6. The van der Waals surface area contributed by atoms with Crippen molar-refractivity contribution >= 4 is 53.1 Å². The number of benzene rings is 2. The summed E-state index contributed by atoms with van der Waals surface area (Å²) in [6.45, 7) is 1.17. The van der Waals surface area contributed by atoms with Gasteiger partial charge in [-0.05, 0) is 29.3 Å². The van der Waals surface area contributed by atoms with Gasteiger partial charge in [-0.2, -0.15) is 5.10 Å². The largest absolute Gasteiger partial charge is 0.352 e. The van der Waals surface area contributed by atoms with Crippen molar-refractivity contribution in [2.24, 2.45) is 4.99 Å². The summed E-state index contributed by atoms with van der Waals surface area (Å²) in [5.41, 5.74) is 3.04. The Morgan fingerprint density at radius 3 is 2.63 bits per heavy atom. The van der Waals surface area contributed by atoms with Crippen molar-refractivity contribution in [1.29, 1.82) is 0 Å². The van der Waals surface area contributed by atoms with Gasteiger partial charge in [0.05, 0.1) is 0 Å². The number of aliphatic imine (C=N–C) groups is 1. The predicted octanol–water partition coefficient (Wildman–Crippen LogP) is 4.26. The Bertz CT molecular complexity index is 899. The van der Waals surface area contributed by atoms with E-state index in [9.17, 15) is 0 Å². The summed E-state index contributed by atoms with van der Waals surface area (Å²) in [5, 5.41) is 14.5. The minimum atomic E-state index is 0. The molecule has 3 rings (SSSR count). The zero-order chi connectivity index (χ0) is 18.4. The average Bonchev–Trinajstić information content (AvgIpc) is 3.18. The van der Waals surface area contributed by atoms with Crippen LogP contribution >= 0.6 is 47.2 Å². The van der Waals surface area contributed by atoms with Crippen molar-refractivity contribution in [1.82, 2.24) is 25.8 Å². The summed E-state index contributed by atoms with van der Waals surface area (Å²) in [4.78, 5) is 8.41. The second-order valence-corrected chi connectivity index (χ2v) is 6.39. The van der Waals surface area contributed by atoms with Crippen LogP contribution in [0.4, 0.5) is 0 Å². The second kappa shape index (κ2) is 10.5. The lowest BCUT2D eigenvalue weighted by Crippen LogP contribution is -2.36. The number of H-pyrrole nitrogens is 1. The van der Waals surface area contributed by atoms with Crippen molar-refractivity contribution in [2.75, 3.05) is 7.05 Å². The Kier molecular flexibility index (Phi) is 8.33. The zero-order valence-corrected chi connectivity index (χ0v) is 18.4. The molecule has 1 heterocycles. The Balaban J connectivity index is 0.00000261. The maximum Gasteiger partial charge on any atom is 0.191 e. The summed E-state index contributed by atoms with van der Waals surface area (Å²) in [7, 11) is 1.73. The van der Waals surface area contributed by atoms with E-state index in [0.29, 0.717) is 29.1 Å². The molecule has 0 aliphatic rings. The SMILES string of the molecule is CN=C(NCc1cccc(-c2ncn[nH]2)c1)NCc1ccc(Cl)cc1Cl.I. The smallest absolute Gasteiger partial charge is 0.191 e. The lowest BCUT2D eigenvalue weighted by atomic mass is 10.1. The molecule has 0 bridgehead atoms. The summed E-state index contributed by atoms with van der Waals surface area (Å²) in [6.07, 6.45) is 1.49. The van der Waals surface area contributed by atoms with E-state index in [1.54, 1.807) is 13.1 Å². The standard InChI is InChI=1S/C18H18Cl2N6.HI/c1-21-18(23-10-14-5-6-15(19)8-16(14)20)22-9-12-3-2-4-13(7-12)17-24-11-25-26-17;/h2-8,11H,9-10H2,1H3,(H2,21,22,23)(H,24,25,26);1H. The van der Waals surface area contributed by atoms with Crippen molar-refractivity contribution in [3.8, 4) is 11.4 Å². The van der Waals surface area contributed by atoms with Crippen molar-refractivity contribution in [3.05, 3.63) is 70.0 Å². The van der Waals surface area contributed by atoms with Gasteiger partial charge in [0.25, 0.3) is 0 Å². The first-order valence-electron chi connectivity index (χ1n) is 7.99. The molecule has 9 heteroatoms. The molecule has 6 nitrogen and oxygen atoms in total. The second-order valence-electron chi connectivity index (χ2n) is 5.55. The molecule has 2 aromatic carbocycles. The van der Waals surface area contributed by atoms with Crippen LogP contribution < -0.4 is 10.6 Å². The van der Waals surface area contributed by atoms with E-state index in [1.165, 1.54) is 6.33 Å². The lowest BCUT2D eigenvalue weighted by Gasteiger charge is -2.13. The highest BCUT2D eigenvalue weighted by atomic mass is 127. The highest BCUT2D eigenvalue weighted by molar-refractivity contribution is 14.0. The van der Waals surface area contributed by atoms with E-state index in [4.69, 9.17) is 23.2 Å². The minimum Gasteiger partial charge on any atom is -0.352 e. The number of hydrogen-bond donors (Lipinski definition) is 3. The van der Waals surface area contributed by atoms with Crippen molar-refractivity contribution in [3.63, 3.8) is 0 Å². The molecule has 0 amide bonds. The number of nitrogens with one attached hydrogen (secondary N) is 3. The monoisotopic (exact) mass is 516 g/mol. The number of halogens is 3. The van der Waals surface area contributed by atoms with E-state index in [1.807, 2.05) is 30.3 Å². The molecule has 142 valence electrons. The van der Waals surface area contributed by atoms with E-state index in [-0.39, 0.29) is 24.0 Å². The molecule has 0 unspecified atom stereocenters. The summed E-state index contributed by atoms with van der Waals surface area (Å²) >= 11 is 12.1. The summed E-state index contributed by atoms with van der Waals surface area (Å²) in [5.74, 6) is 1.42. The molecule has 27 heavy (non-hydrogen) atoms. The lowest BCUT2D eigenvalue weighted by molar-refractivity contribution is 0.809. The van der Waals surface area contributed by atoms with Crippen molar-refractivity contribution in [2.45, 2.75) is 13.1 Å². The third-order valence-corrected chi connectivity index (χ3v) is 4.35. The molecule has 0 atom stereocenters. The quantitative estimate of drug-likeness (QED) is 0.269. The Morgan fingerprint density at radius 2 is 1.93 bits per heavy atom. The fourth-order valence-electron chi connectivity index (χ4n) is 2.42. The molecule has 0 spiro atoms. The number of aromatic amines is 1. The van der Waals surface area contributed by atoms with Gasteiger partial charge >= 0.3 is 0 Å². The Hall–Kier alpha value is -1.84. The van der Waals surface area contributed by atoms with Gasteiger partial charge in [0.15, 0.2) is 11.8 Å². The number of nitrogens with zero attached hydrogens (tertiary/aromatic N) is 3. The van der Waals surface area contributed by atoms with Crippen LogP contribution in [0.2, 0.25) is 10.0 Å². The third-order valence-electron chi connectivity index (χ3n) is 3.76. The molecule has 0 aliphatic carbocycles. The molecule has 0 saturated heterocycles. The first kappa shape index (κ1) is 21.5. The molecule has 3 N–H and O–H groups in total. The molecule has 0 fully saturated rings. The van der Waals surface area contributed by atoms with Crippen LogP contribution in [-0.4, -0.2) is 28.2 Å². The van der Waals surface area contributed by atoms with E-state index < -0.39 is 0 Å². The normalized spacial score (nSPS) is 11.0. The molecule has 3 aromatic rings. The first-order valence-corrected chi connectivity index (χ1v) is 8.74. The third kappa shape index (κ3) is 6.08. The Labute approximate surface area is 184 Å². The molecule has 0 aliphatic heterocycles. The van der Waals surface area contributed by atoms with Gasteiger partial charge in [-0.1, -0.05) is 47.5 Å². The Morgan fingerprint density at radius 1 is 1.11 bits per heavy atom. The van der Waals surface area contributed by atoms with Crippen LogP contribution in [-0.2, 0) is 13.1 Å². The van der Waals surface area contributed by atoms with Gasteiger partial charge in [0, 0.05) is 35.7 Å². The van der Waals surface area contributed by atoms with Gasteiger partial charge in [0.1, 0.15) is 6.33 Å². The van der Waals surface area contributed by atoms with Gasteiger partial charge in [-0.15, -0.1) is 24.0 Å². The van der Waals surface area contributed by atoms with Gasteiger partial charge in [0.2, 0.25) is 0 Å². The minimum absolute atomic E-state index is 0. The van der Waals surface area contributed by atoms with E-state index in [0.717, 1.165) is 22.5 Å². The van der Waals surface area contributed by atoms with Crippen molar-refractivity contribution < 1.29 is 0 Å². The maximum atomic E-state index is 6.20. The molecular weight excluding hydrogens is 498 g/mol. The molecule has 0 saturated carbocycles. The van der Waals surface area contributed by atoms with Gasteiger partial charge in [-0.3, -0.25) is 10.1 Å². The fourth-order valence-corrected chi connectivity index (χ4v) is 2.90. The summed E-state index contributed by atoms with van der Waals surface area (Å²) < 4.78 is 0. The number of guanidine groups is 1. The van der Waals surface area contributed by atoms with Crippen LogP contribution in [0.15, 0.2) is 53.8 Å². The number of rotatable bonds is 5. The van der Waals surface area contributed by atoms with E-state index in [2.05, 4.69) is 36.9 Å². The average molecular weight is 517 g/mol. The van der Waals surface area contributed by atoms with Crippen LogP contribution in [0.5, 0.6) is 0 Å². The van der Waals surface area contributed by atoms with Crippen LogP contribution in [0.25, 0.3) is 11.4 Å². The highest BCUT2D eigenvalue weighted by Gasteiger charge is 2.05. The van der Waals surface area contributed by atoms with E-state index >= 15 is 0 Å². The van der Waals surface area contributed by atoms with Crippen LogP contribution in [0.1, 0.15) is 11.1 Å². The zero-order valence-electron chi connectivity index (χ0n) is 14.5. The van der Waals surface area contributed by atoms with Crippen LogP contribution in [0, 0.1) is 0 Å². The predicted molar refractivity (Wildman–Crippen MR) is 121 cm³/mol. The van der Waals surface area contributed by atoms with Gasteiger partial charge < -0.3 is 10.6 Å². The van der Waals surface area contributed by atoms with Gasteiger partial charge in [-0.25, -0.2) is 4.98 Å². The molecule has 0 radical (unpaired) electrons. The number of hydrogen-bond acceptors (Lipinski definition) is 3. The van der Waals surface area contributed by atoms with Crippen LogP contribution in [0.3, 0.4) is 0 Å². The first-order chi connectivity index (χ1) is 12.7. The summed E-state index contributed by atoms with van der Waals surface area (Å²) in [6, 6.07) is 13.5. The maximum absolute atomic E-state index is 6.20. The number of aromatic nitrogens is 3. The molecule has 1 aromatic heterocycles. The highest BCUT2D eigenvalue weighted by Crippen LogP contribution is 2.20.